The summed E-state index contributed by atoms with van der Waals surface area (Å²) in [5, 5.41) is 0. The molecule has 1 saturated heterocycles. The molecule has 4 saturated carbocycles. The minimum Gasteiger partial charge on any atom is -0.465 e. The second kappa shape index (κ2) is 6.95. The average Bonchev–Trinajstić information content (AvgIpc) is 3.22. The van der Waals surface area contributed by atoms with Crippen LogP contribution in [0, 0.1) is 40.4 Å². The Morgan fingerprint density at radius 3 is 2.71 bits per heavy atom. The molecule has 5 rings (SSSR count). The van der Waals surface area contributed by atoms with Crippen LogP contribution in [0.3, 0.4) is 0 Å². The summed E-state index contributed by atoms with van der Waals surface area (Å²) in [4.78, 5) is 12.9. The lowest BCUT2D eigenvalue weighted by Crippen LogP contribution is -2.61. The summed E-state index contributed by atoms with van der Waals surface area (Å²) in [6.45, 7) is 3.56. The van der Waals surface area contributed by atoms with Crippen molar-refractivity contribution in [3.63, 3.8) is 0 Å². The van der Waals surface area contributed by atoms with Gasteiger partial charge in [-0.3, -0.25) is 4.79 Å². The monoisotopic (exact) mass is 392 g/mol. The standard InChI is InChI=1S/C23H36O5/c1-22-9-8-16(28-13-25-2)10-14(22)4-6-17-18-7-5-15-12-27-21(24)23(15,18)11-19(26-3)20(17)22/h14-20H,4-13H2,1-3H3/t14-,15+,16+,17-,18-,19-,20+,22-,23-/m0/s1. The highest BCUT2D eigenvalue weighted by molar-refractivity contribution is 5.80. The van der Waals surface area contributed by atoms with Crippen LogP contribution in [0.15, 0.2) is 0 Å². The van der Waals surface area contributed by atoms with Crippen molar-refractivity contribution in [2.75, 3.05) is 27.6 Å². The van der Waals surface area contributed by atoms with Gasteiger partial charge >= 0.3 is 5.97 Å². The van der Waals surface area contributed by atoms with Crippen molar-refractivity contribution in [2.24, 2.45) is 40.4 Å². The lowest BCUT2D eigenvalue weighted by Gasteiger charge is -2.62. The number of methoxy groups -OCH3 is 2. The van der Waals surface area contributed by atoms with E-state index < -0.39 is 0 Å². The summed E-state index contributed by atoms with van der Waals surface area (Å²) < 4.78 is 22.9. The molecule has 9 atom stereocenters. The van der Waals surface area contributed by atoms with Crippen molar-refractivity contribution in [1.29, 1.82) is 0 Å². The van der Waals surface area contributed by atoms with Gasteiger partial charge in [0.15, 0.2) is 0 Å². The fourth-order valence-electron chi connectivity index (χ4n) is 8.54. The number of ether oxygens (including phenoxy) is 4. The summed E-state index contributed by atoms with van der Waals surface area (Å²) in [5.74, 6) is 2.86. The van der Waals surface area contributed by atoms with E-state index in [2.05, 4.69) is 6.92 Å². The number of carbonyl (C=O) groups excluding carboxylic acids is 1. The molecule has 1 aliphatic heterocycles. The van der Waals surface area contributed by atoms with E-state index in [1.807, 2.05) is 7.11 Å². The van der Waals surface area contributed by atoms with E-state index in [4.69, 9.17) is 18.9 Å². The van der Waals surface area contributed by atoms with Crippen molar-refractivity contribution in [3.8, 4) is 0 Å². The zero-order valence-electron chi connectivity index (χ0n) is 17.7. The van der Waals surface area contributed by atoms with E-state index in [1.165, 1.54) is 25.7 Å². The fourth-order valence-corrected chi connectivity index (χ4v) is 8.54. The predicted octanol–water partition coefficient (Wildman–Crippen LogP) is 3.80. The summed E-state index contributed by atoms with van der Waals surface area (Å²) in [7, 11) is 3.56. The van der Waals surface area contributed by atoms with Crippen LogP contribution in [0.2, 0.25) is 0 Å². The van der Waals surface area contributed by atoms with Crippen LogP contribution in [0.25, 0.3) is 0 Å². The first kappa shape index (κ1) is 19.3. The third kappa shape index (κ3) is 2.51. The van der Waals surface area contributed by atoms with Crippen molar-refractivity contribution in [2.45, 2.75) is 70.5 Å². The molecule has 5 heteroatoms. The number of esters is 1. The Bertz CT molecular complexity index is 622. The molecule has 1 spiro atoms. The predicted molar refractivity (Wildman–Crippen MR) is 103 cm³/mol. The highest BCUT2D eigenvalue weighted by Gasteiger charge is 2.69. The van der Waals surface area contributed by atoms with Gasteiger partial charge in [-0.1, -0.05) is 6.92 Å². The highest BCUT2D eigenvalue weighted by Crippen LogP contribution is 2.69. The molecular formula is C23H36O5. The maximum Gasteiger partial charge on any atom is 0.312 e. The third-order valence-electron chi connectivity index (χ3n) is 9.75. The van der Waals surface area contributed by atoms with Gasteiger partial charge in [-0.15, -0.1) is 0 Å². The second-order valence-electron chi connectivity index (χ2n) is 10.4. The molecule has 28 heavy (non-hydrogen) atoms. The van der Waals surface area contributed by atoms with E-state index in [0.717, 1.165) is 25.7 Å². The minimum absolute atomic E-state index is 0.0875. The van der Waals surface area contributed by atoms with Crippen LogP contribution in [0.1, 0.15) is 58.3 Å². The highest BCUT2D eigenvalue weighted by atomic mass is 16.7. The first-order valence-corrected chi connectivity index (χ1v) is 11.3. The van der Waals surface area contributed by atoms with Gasteiger partial charge in [-0.05, 0) is 80.5 Å². The van der Waals surface area contributed by atoms with Gasteiger partial charge in [-0.2, -0.15) is 0 Å². The number of carbonyl (C=O) groups is 1. The van der Waals surface area contributed by atoms with Gasteiger partial charge in [0.1, 0.15) is 6.79 Å². The molecule has 5 fully saturated rings. The van der Waals surface area contributed by atoms with Gasteiger partial charge in [-0.25, -0.2) is 0 Å². The molecule has 158 valence electrons. The van der Waals surface area contributed by atoms with Crippen molar-refractivity contribution in [1.82, 2.24) is 0 Å². The molecule has 0 aromatic carbocycles. The third-order valence-corrected chi connectivity index (χ3v) is 9.75. The van der Waals surface area contributed by atoms with Crippen LogP contribution in [-0.2, 0) is 23.7 Å². The Balaban J connectivity index is 1.44. The van der Waals surface area contributed by atoms with E-state index in [1.54, 1.807) is 7.11 Å². The van der Waals surface area contributed by atoms with Crippen LogP contribution >= 0.6 is 0 Å². The summed E-state index contributed by atoms with van der Waals surface area (Å²) >= 11 is 0. The molecule has 0 aromatic rings. The first-order chi connectivity index (χ1) is 13.5. The maximum absolute atomic E-state index is 12.9. The normalized spacial score (nSPS) is 52.4. The van der Waals surface area contributed by atoms with E-state index in [-0.39, 0.29) is 17.5 Å². The van der Waals surface area contributed by atoms with Gasteiger partial charge in [0.2, 0.25) is 0 Å². The molecule has 0 amide bonds. The Morgan fingerprint density at radius 1 is 1.11 bits per heavy atom. The molecular weight excluding hydrogens is 356 g/mol. The Kier molecular flexibility index (Phi) is 4.80. The van der Waals surface area contributed by atoms with E-state index >= 15 is 0 Å². The molecule has 0 bridgehead atoms. The Morgan fingerprint density at radius 2 is 1.93 bits per heavy atom. The van der Waals surface area contributed by atoms with Gasteiger partial charge < -0.3 is 18.9 Å². The molecule has 0 N–H and O–H groups in total. The van der Waals surface area contributed by atoms with E-state index in [0.29, 0.717) is 54.5 Å². The second-order valence-corrected chi connectivity index (χ2v) is 10.4. The largest absolute Gasteiger partial charge is 0.465 e. The Hall–Kier alpha value is -0.650. The fraction of sp³-hybridized carbons (Fsp3) is 0.957. The molecule has 5 nitrogen and oxygen atoms in total. The Labute approximate surface area is 168 Å². The number of fused-ring (bicyclic) bond motifs is 4. The SMILES string of the molecule is COCO[C@@H]1CC[C@@]2(C)[C@@H](CC[C@@H]3[C@@H]2[C@@H](OC)C[C@]24C(=O)OC[C@H]2CC[C@@H]34)C1. The zero-order chi connectivity index (χ0) is 19.5. The smallest absolute Gasteiger partial charge is 0.312 e. The van der Waals surface area contributed by atoms with Crippen molar-refractivity contribution >= 4 is 5.97 Å². The van der Waals surface area contributed by atoms with Crippen LogP contribution in [-0.4, -0.2) is 45.8 Å². The number of hydrogen-bond donors (Lipinski definition) is 0. The van der Waals surface area contributed by atoms with Crippen molar-refractivity contribution in [3.05, 3.63) is 0 Å². The lowest BCUT2D eigenvalue weighted by atomic mass is 9.43. The molecule has 0 aromatic heterocycles. The molecule has 1 heterocycles. The van der Waals surface area contributed by atoms with Crippen LogP contribution in [0.4, 0.5) is 0 Å². The van der Waals surface area contributed by atoms with E-state index in [9.17, 15) is 4.79 Å². The minimum atomic E-state index is -0.246. The molecule has 4 aliphatic carbocycles. The first-order valence-electron chi connectivity index (χ1n) is 11.3. The quantitative estimate of drug-likeness (QED) is 0.538. The summed E-state index contributed by atoms with van der Waals surface area (Å²) in [5.41, 5.74) is 0.0442. The van der Waals surface area contributed by atoms with Gasteiger partial charge in [0.25, 0.3) is 0 Å². The number of rotatable bonds is 4. The van der Waals surface area contributed by atoms with Crippen LogP contribution < -0.4 is 0 Å². The lowest BCUT2D eigenvalue weighted by molar-refractivity contribution is -0.198. The number of hydrogen-bond acceptors (Lipinski definition) is 5. The summed E-state index contributed by atoms with van der Waals surface area (Å²) in [6.07, 6.45) is 9.67. The molecule has 0 unspecified atom stereocenters. The topological polar surface area (TPSA) is 54.0 Å². The molecule has 0 radical (unpaired) electrons. The maximum atomic E-state index is 12.9. The summed E-state index contributed by atoms with van der Waals surface area (Å²) in [6, 6.07) is 0. The van der Waals surface area contributed by atoms with Crippen molar-refractivity contribution < 1.29 is 23.7 Å². The number of cyclic esters (lactones) is 1. The average molecular weight is 393 g/mol. The van der Waals surface area contributed by atoms with Gasteiger partial charge in [0.05, 0.1) is 24.2 Å². The van der Waals surface area contributed by atoms with Crippen LogP contribution in [0.5, 0.6) is 0 Å². The van der Waals surface area contributed by atoms with Gasteiger partial charge in [0, 0.05) is 20.1 Å². The molecule has 5 aliphatic rings. The zero-order valence-corrected chi connectivity index (χ0v) is 17.7.